The molecule has 0 amide bonds. The summed E-state index contributed by atoms with van der Waals surface area (Å²) in [4.78, 5) is 7.84. The summed E-state index contributed by atoms with van der Waals surface area (Å²) in [6, 6.07) is 2.60. The molecule has 0 aliphatic heterocycles. The van der Waals surface area contributed by atoms with Crippen LogP contribution in [-0.4, -0.2) is 22.1 Å². The minimum Gasteiger partial charge on any atom is -0.368 e. The zero-order valence-corrected chi connectivity index (χ0v) is 7.27. The first-order valence-corrected chi connectivity index (χ1v) is 4.34. The first-order valence-electron chi connectivity index (χ1n) is 4.34. The van der Waals surface area contributed by atoms with Gasteiger partial charge in [-0.15, -0.1) is 0 Å². The highest BCUT2D eigenvalue weighted by Gasteiger charge is 2.25. The summed E-state index contributed by atoms with van der Waals surface area (Å²) in [7, 11) is 0. The fraction of sp³-hybridized carbons (Fsp3) is 0.500. The number of hydrogen-bond donors (Lipinski definition) is 3. The Morgan fingerprint density at radius 1 is 1.46 bits per heavy atom. The number of nitrogens with one attached hydrogen (secondary N) is 1. The van der Waals surface area contributed by atoms with E-state index < -0.39 is 0 Å². The standard InChI is InChI=1S/C8H13N5/c9-5-3-6(4-5)12-7-1-2-11-8(10)13-7/h1-2,5-6H,3-4,9H2,(H3,10,11,12,13). The summed E-state index contributed by atoms with van der Waals surface area (Å²) < 4.78 is 0. The summed E-state index contributed by atoms with van der Waals surface area (Å²) in [5.74, 6) is 1.08. The van der Waals surface area contributed by atoms with Crippen LogP contribution in [0.5, 0.6) is 0 Å². The third-order valence-electron chi connectivity index (χ3n) is 2.20. The number of aromatic nitrogens is 2. The molecule has 1 heterocycles. The topological polar surface area (TPSA) is 89.8 Å². The van der Waals surface area contributed by atoms with Gasteiger partial charge >= 0.3 is 0 Å². The SMILES string of the molecule is Nc1nccc(NC2CC(N)C2)n1. The van der Waals surface area contributed by atoms with Crippen LogP contribution in [0.4, 0.5) is 11.8 Å². The zero-order chi connectivity index (χ0) is 9.26. The lowest BCUT2D eigenvalue weighted by atomic mass is 9.88. The van der Waals surface area contributed by atoms with E-state index >= 15 is 0 Å². The van der Waals surface area contributed by atoms with Crippen LogP contribution in [0.25, 0.3) is 0 Å². The van der Waals surface area contributed by atoms with E-state index in [1.54, 1.807) is 12.3 Å². The van der Waals surface area contributed by atoms with Gasteiger partial charge in [-0.3, -0.25) is 0 Å². The Bertz CT molecular complexity index is 294. The molecule has 1 fully saturated rings. The van der Waals surface area contributed by atoms with Crippen molar-refractivity contribution in [1.82, 2.24) is 9.97 Å². The van der Waals surface area contributed by atoms with Crippen molar-refractivity contribution < 1.29 is 0 Å². The summed E-state index contributed by atoms with van der Waals surface area (Å²) in [6.45, 7) is 0. The number of nitrogen functional groups attached to an aromatic ring is 1. The van der Waals surface area contributed by atoms with Crippen molar-refractivity contribution in [2.24, 2.45) is 5.73 Å². The van der Waals surface area contributed by atoms with Crippen LogP contribution in [0.2, 0.25) is 0 Å². The molecule has 2 rings (SSSR count). The van der Waals surface area contributed by atoms with Gasteiger partial charge in [0.15, 0.2) is 0 Å². The van der Waals surface area contributed by atoms with Gasteiger partial charge in [-0.05, 0) is 18.9 Å². The number of nitrogens with two attached hydrogens (primary N) is 2. The van der Waals surface area contributed by atoms with Crippen LogP contribution in [0.3, 0.4) is 0 Å². The molecule has 0 radical (unpaired) electrons. The Hall–Kier alpha value is -1.36. The lowest BCUT2D eigenvalue weighted by molar-refractivity contribution is 0.373. The van der Waals surface area contributed by atoms with E-state index in [0.717, 1.165) is 18.7 Å². The van der Waals surface area contributed by atoms with E-state index in [1.165, 1.54) is 0 Å². The third-order valence-corrected chi connectivity index (χ3v) is 2.20. The summed E-state index contributed by atoms with van der Waals surface area (Å²) in [6.07, 6.45) is 3.65. The molecule has 0 spiro atoms. The van der Waals surface area contributed by atoms with Crippen molar-refractivity contribution in [1.29, 1.82) is 0 Å². The fourth-order valence-electron chi connectivity index (χ4n) is 1.44. The molecule has 0 saturated heterocycles. The van der Waals surface area contributed by atoms with Gasteiger partial charge in [0.1, 0.15) is 5.82 Å². The van der Waals surface area contributed by atoms with E-state index in [0.29, 0.717) is 18.0 Å². The van der Waals surface area contributed by atoms with Crippen molar-refractivity contribution in [3.63, 3.8) is 0 Å². The molecule has 0 unspecified atom stereocenters. The number of anilines is 2. The molecule has 1 aromatic heterocycles. The van der Waals surface area contributed by atoms with Gasteiger partial charge in [0.05, 0.1) is 0 Å². The quantitative estimate of drug-likeness (QED) is 0.592. The molecule has 13 heavy (non-hydrogen) atoms. The Labute approximate surface area is 76.6 Å². The van der Waals surface area contributed by atoms with Crippen LogP contribution in [-0.2, 0) is 0 Å². The molecule has 70 valence electrons. The second-order valence-corrected chi connectivity index (χ2v) is 3.37. The second-order valence-electron chi connectivity index (χ2n) is 3.37. The van der Waals surface area contributed by atoms with Gasteiger partial charge in [-0.25, -0.2) is 4.98 Å². The highest BCUT2D eigenvalue weighted by Crippen LogP contribution is 2.21. The van der Waals surface area contributed by atoms with Crippen molar-refractivity contribution >= 4 is 11.8 Å². The van der Waals surface area contributed by atoms with Crippen LogP contribution in [0, 0.1) is 0 Å². The molecular formula is C8H13N5. The minimum absolute atomic E-state index is 0.300. The van der Waals surface area contributed by atoms with Gasteiger partial charge < -0.3 is 16.8 Å². The van der Waals surface area contributed by atoms with Crippen molar-refractivity contribution in [2.75, 3.05) is 11.1 Å². The van der Waals surface area contributed by atoms with Gasteiger partial charge in [0, 0.05) is 18.3 Å². The second kappa shape index (κ2) is 3.18. The van der Waals surface area contributed by atoms with Gasteiger partial charge in [0.2, 0.25) is 5.95 Å². The smallest absolute Gasteiger partial charge is 0.221 e. The molecular weight excluding hydrogens is 166 g/mol. The molecule has 1 aliphatic carbocycles. The monoisotopic (exact) mass is 179 g/mol. The highest BCUT2D eigenvalue weighted by atomic mass is 15.1. The van der Waals surface area contributed by atoms with Gasteiger partial charge in [-0.2, -0.15) is 4.98 Å². The average Bonchev–Trinajstić information content (AvgIpc) is 2.01. The van der Waals surface area contributed by atoms with Crippen LogP contribution in [0.15, 0.2) is 12.3 Å². The predicted molar refractivity (Wildman–Crippen MR) is 51.1 cm³/mol. The maximum atomic E-state index is 5.65. The molecule has 1 aliphatic rings. The molecule has 1 aromatic rings. The largest absolute Gasteiger partial charge is 0.368 e. The van der Waals surface area contributed by atoms with Crippen LogP contribution < -0.4 is 16.8 Å². The average molecular weight is 179 g/mol. The maximum absolute atomic E-state index is 5.65. The molecule has 5 N–H and O–H groups in total. The Morgan fingerprint density at radius 2 is 2.23 bits per heavy atom. The first-order chi connectivity index (χ1) is 6.24. The first kappa shape index (κ1) is 8.25. The van der Waals surface area contributed by atoms with Crippen molar-refractivity contribution in [2.45, 2.75) is 24.9 Å². The van der Waals surface area contributed by atoms with Crippen molar-refractivity contribution in [3.05, 3.63) is 12.3 Å². The highest BCUT2D eigenvalue weighted by molar-refractivity contribution is 5.39. The van der Waals surface area contributed by atoms with E-state index in [9.17, 15) is 0 Å². The molecule has 5 heteroatoms. The Kier molecular flexibility index (Phi) is 2.02. The van der Waals surface area contributed by atoms with E-state index in [1.807, 2.05) is 0 Å². The Morgan fingerprint density at radius 3 is 2.85 bits per heavy atom. The van der Waals surface area contributed by atoms with Crippen molar-refractivity contribution in [3.8, 4) is 0 Å². The van der Waals surface area contributed by atoms with Crippen LogP contribution >= 0.6 is 0 Å². The van der Waals surface area contributed by atoms with E-state index in [4.69, 9.17) is 11.5 Å². The summed E-state index contributed by atoms with van der Waals surface area (Å²) in [5.41, 5.74) is 11.1. The lowest BCUT2D eigenvalue weighted by Crippen LogP contribution is -2.44. The number of hydrogen-bond acceptors (Lipinski definition) is 5. The van der Waals surface area contributed by atoms with Gasteiger partial charge in [0.25, 0.3) is 0 Å². The van der Waals surface area contributed by atoms with E-state index in [2.05, 4.69) is 15.3 Å². The normalized spacial score (nSPS) is 26.5. The molecule has 0 atom stereocenters. The minimum atomic E-state index is 0.300. The number of rotatable bonds is 2. The molecule has 5 nitrogen and oxygen atoms in total. The fourth-order valence-corrected chi connectivity index (χ4v) is 1.44. The Balaban J connectivity index is 1.94. The van der Waals surface area contributed by atoms with Crippen LogP contribution in [0.1, 0.15) is 12.8 Å². The maximum Gasteiger partial charge on any atom is 0.221 e. The predicted octanol–water partition coefficient (Wildman–Crippen LogP) is -0.0396. The molecule has 0 bridgehead atoms. The number of nitrogens with zero attached hydrogens (tertiary/aromatic N) is 2. The zero-order valence-electron chi connectivity index (χ0n) is 7.27. The third kappa shape index (κ3) is 1.86. The van der Waals surface area contributed by atoms with E-state index in [-0.39, 0.29) is 0 Å². The lowest BCUT2D eigenvalue weighted by Gasteiger charge is -2.33. The summed E-state index contributed by atoms with van der Waals surface area (Å²) >= 11 is 0. The summed E-state index contributed by atoms with van der Waals surface area (Å²) in [5, 5.41) is 3.24. The molecule has 1 saturated carbocycles. The molecule has 0 aromatic carbocycles. The van der Waals surface area contributed by atoms with Gasteiger partial charge in [-0.1, -0.05) is 0 Å².